The summed E-state index contributed by atoms with van der Waals surface area (Å²) in [5.74, 6) is -2.08. The molecule has 1 amide bonds. The van der Waals surface area contributed by atoms with Crippen LogP contribution in [-0.2, 0) is 25.5 Å². The van der Waals surface area contributed by atoms with E-state index in [0.717, 1.165) is 22.5 Å². The molecule has 0 aliphatic carbocycles. The molecule has 2 heterocycles. The Hall–Kier alpha value is -4.78. The number of aromatic nitrogens is 1. The lowest BCUT2D eigenvalue weighted by molar-refractivity contribution is -0.301. The summed E-state index contributed by atoms with van der Waals surface area (Å²) < 4.78 is 34.6. The molecule has 3 aromatic carbocycles. The average molecular weight is 680 g/mol. The molecule has 50 heavy (non-hydrogen) atoms. The maximum atomic E-state index is 14.5. The maximum Gasteiger partial charge on any atom is 0.308 e. The molecule has 1 aliphatic rings. The number of carbonyl (C=O) groups is 2. The number of amides is 1. The summed E-state index contributed by atoms with van der Waals surface area (Å²) in [6.45, 7) is 13.7. The highest BCUT2D eigenvalue weighted by Gasteiger charge is 2.38. The largest absolute Gasteiger partial charge is 0.460 e. The monoisotopic (exact) mass is 679 g/mol. The molecule has 262 valence electrons. The molecule has 0 unspecified atom stereocenters. The number of nitrogens with one attached hydrogen (secondary N) is 1. The number of halogens is 1. The zero-order valence-corrected chi connectivity index (χ0v) is 29.9. The first-order valence-electron chi connectivity index (χ1n) is 17.1. The minimum atomic E-state index is -0.929. The number of nitriles is 1. The number of carbonyl (C=O) groups excluding carboxylic acids is 2. The van der Waals surface area contributed by atoms with E-state index < -0.39 is 17.5 Å². The predicted molar refractivity (Wildman–Crippen MR) is 192 cm³/mol. The van der Waals surface area contributed by atoms with Crippen molar-refractivity contribution in [3.05, 3.63) is 102 Å². The summed E-state index contributed by atoms with van der Waals surface area (Å²) in [5, 5.41) is 12.8. The standard InChI is InChI=1S/C41H46FN3O5/c1-26(2)37-36(39(47)44-33-16-12-11-15-29(33)25-43)35(27-13-9-8-10-14-27)38(28-17-19-30(42)20-18-28)45(37)22-21-31-23-32(49-41(6,7)48-31)24-34(46)50-40(3,4)5/h8-20,26,31-32H,21-24H2,1-7H3,(H,44,47)/t31-,32-/m1/s1. The van der Waals surface area contributed by atoms with Gasteiger partial charge in [-0.2, -0.15) is 5.26 Å². The summed E-state index contributed by atoms with van der Waals surface area (Å²) in [6.07, 6.45) is 0.471. The highest BCUT2D eigenvalue weighted by atomic mass is 19.1. The van der Waals surface area contributed by atoms with Gasteiger partial charge in [-0.05, 0) is 94.5 Å². The molecule has 8 nitrogen and oxygen atoms in total. The van der Waals surface area contributed by atoms with Crippen LogP contribution in [-0.4, -0.2) is 40.0 Å². The minimum Gasteiger partial charge on any atom is -0.460 e. The van der Waals surface area contributed by atoms with Gasteiger partial charge >= 0.3 is 5.97 Å². The average Bonchev–Trinajstić information content (AvgIpc) is 3.39. The highest BCUT2D eigenvalue weighted by molar-refractivity contribution is 6.13. The zero-order valence-electron chi connectivity index (χ0n) is 29.9. The molecule has 2 atom stereocenters. The minimum absolute atomic E-state index is 0.106. The molecule has 0 radical (unpaired) electrons. The van der Waals surface area contributed by atoms with Gasteiger partial charge in [0.05, 0.1) is 41.1 Å². The van der Waals surface area contributed by atoms with E-state index in [0.29, 0.717) is 41.8 Å². The lowest BCUT2D eigenvalue weighted by Crippen LogP contribution is -2.46. The molecule has 0 saturated carbocycles. The van der Waals surface area contributed by atoms with Gasteiger partial charge in [0, 0.05) is 24.2 Å². The van der Waals surface area contributed by atoms with E-state index in [1.807, 2.05) is 78.8 Å². The van der Waals surface area contributed by atoms with Crippen molar-refractivity contribution in [2.45, 2.75) is 104 Å². The van der Waals surface area contributed by atoms with Crippen LogP contribution in [0.3, 0.4) is 0 Å². The quantitative estimate of drug-likeness (QED) is 0.168. The molecular formula is C41H46FN3O5. The first-order valence-corrected chi connectivity index (χ1v) is 17.1. The van der Waals surface area contributed by atoms with Crippen molar-refractivity contribution in [3.8, 4) is 28.5 Å². The fourth-order valence-electron chi connectivity index (χ4n) is 6.73. The summed E-state index contributed by atoms with van der Waals surface area (Å²) in [5.41, 5.74) is 4.50. The number of rotatable bonds is 10. The van der Waals surface area contributed by atoms with Gasteiger partial charge in [-0.1, -0.05) is 56.3 Å². The Morgan fingerprint density at radius 1 is 0.980 bits per heavy atom. The first kappa shape index (κ1) is 36.5. The summed E-state index contributed by atoms with van der Waals surface area (Å²) in [4.78, 5) is 27.3. The predicted octanol–water partition coefficient (Wildman–Crippen LogP) is 9.24. The molecule has 1 N–H and O–H groups in total. The van der Waals surface area contributed by atoms with Gasteiger partial charge in [-0.3, -0.25) is 9.59 Å². The SMILES string of the molecule is CC(C)c1c(C(=O)Nc2ccccc2C#N)c(-c2ccccc2)c(-c2ccc(F)cc2)n1CC[C@@H]1C[C@H](CC(=O)OC(C)(C)C)OC(C)(C)O1. The van der Waals surface area contributed by atoms with Crippen LogP contribution in [0.1, 0.15) is 95.3 Å². The van der Waals surface area contributed by atoms with Crippen molar-refractivity contribution >= 4 is 17.6 Å². The van der Waals surface area contributed by atoms with Crippen molar-refractivity contribution in [2.75, 3.05) is 5.32 Å². The molecule has 0 bridgehead atoms. The van der Waals surface area contributed by atoms with Crippen LogP contribution in [0.25, 0.3) is 22.4 Å². The fourth-order valence-corrected chi connectivity index (χ4v) is 6.73. The number of para-hydroxylation sites is 1. The second kappa shape index (κ2) is 15.0. The lowest BCUT2D eigenvalue weighted by atomic mass is 9.94. The number of benzene rings is 3. The number of esters is 1. The van der Waals surface area contributed by atoms with Crippen LogP contribution in [0.2, 0.25) is 0 Å². The van der Waals surface area contributed by atoms with Crippen LogP contribution in [0.4, 0.5) is 10.1 Å². The second-order valence-corrected chi connectivity index (χ2v) is 14.5. The van der Waals surface area contributed by atoms with Gasteiger partial charge in [-0.15, -0.1) is 0 Å². The Bertz CT molecular complexity index is 1870. The number of anilines is 1. The van der Waals surface area contributed by atoms with Crippen molar-refractivity contribution in [1.82, 2.24) is 4.57 Å². The normalized spacial score (nSPS) is 17.3. The number of nitrogens with zero attached hydrogens (tertiary/aromatic N) is 2. The molecule has 4 aromatic rings. The maximum absolute atomic E-state index is 14.5. The summed E-state index contributed by atoms with van der Waals surface area (Å²) in [6, 6.07) is 25.1. The molecule has 0 spiro atoms. The van der Waals surface area contributed by atoms with E-state index >= 15 is 0 Å². The van der Waals surface area contributed by atoms with Crippen LogP contribution < -0.4 is 5.32 Å². The number of hydrogen-bond donors (Lipinski definition) is 1. The second-order valence-electron chi connectivity index (χ2n) is 14.5. The molecule has 1 saturated heterocycles. The van der Waals surface area contributed by atoms with Gasteiger partial charge in [0.25, 0.3) is 5.91 Å². The summed E-state index contributed by atoms with van der Waals surface area (Å²) >= 11 is 0. The fraction of sp³-hybridized carbons (Fsp3) is 0.390. The van der Waals surface area contributed by atoms with Crippen LogP contribution in [0.15, 0.2) is 78.9 Å². The molecule has 5 rings (SSSR count). The van der Waals surface area contributed by atoms with Crippen molar-refractivity contribution in [3.63, 3.8) is 0 Å². The molecule has 1 aliphatic heterocycles. The van der Waals surface area contributed by atoms with Crippen molar-refractivity contribution < 1.29 is 28.2 Å². The van der Waals surface area contributed by atoms with Gasteiger partial charge in [0.15, 0.2) is 5.79 Å². The van der Waals surface area contributed by atoms with E-state index in [-0.39, 0.29) is 36.1 Å². The Morgan fingerprint density at radius 2 is 1.62 bits per heavy atom. The smallest absolute Gasteiger partial charge is 0.308 e. The lowest BCUT2D eigenvalue weighted by Gasteiger charge is -2.41. The van der Waals surface area contributed by atoms with E-state index in [9.17, 15) is 19.2 Å². The first-order chi connectivity index (χ1) is 23.7. The Balaban J connectivity index is 1.61. The van der Waals surface area contributed by atoms with Gasteiger partial charge in [0.1, 0.15) is 17.5 Å². The van der Waals surface area contributed by atoms with Gasteiger partial charge < -0.3 is 24.1 Å². The highest BCUT2D eigenvalue weighted by Crippen LogP contribution is 2.43. The van der Waals surface area contributed by atoms with E-state index in [1.54, 1.807) is 36.4 Å². The van der Waals surface area contributed by atoms with Crippen LogP contribution in [0.5, 0.6) is 0 Å². The third-order valence-corrected chi connectivity index (χ3v) is 8.47. The van der Waals surface area contributed by atoms with E-state index in [4.69, 9.17) is 14.2 Å². The topological polar surface area (TPSA) is 103 Å². The Labute approximate surface area is 294 Å². The molecule has 1 fully saturated rings. The van der Waals surface area contributed by atoms with Crippen LogP contribution >= 0.6 is 0 Å². The molecule has 1 aromatic heterocycles. The Kier molecular flexibility index (Phi) is 10.9. The third-order valence-electron chi connectivity index (χ3n) is 8.47. The number of hydrogen-bond acceptors (Lipinski definition) is 6. The zero-order chi connectivity index (χ0) is 36.2. The van der Waals surface area contributed by atoms with E-state index in [2.05, 4.69) is 16.0 Å². The van der Waals surface area contributed by atoms with Gasteiger partial charge in [-0.25, -0.2) is 4.39 Å². The van der Waals surface area contributed by atoms with Gasteiger partial charge in [0.2, 0.25) is 0 Å². The molecular weight excluding hydrogens is 633 g/mol. The molecule has 9 heteroatoms. The third kappa shape index (κ3) is 8.68. The van der Waals surface area contributed by atoms with Crippen molar-refractivity contribution in [1.29, 1.82) is 5.26 Å². The summed E-state index contributed by atoms with van der Waals surface area (Å²) in [7, 11) is 0. The van der Waals surface area contributed by atoms with E-state index in [1.165, 1.54) is 12.1 Å². The van der Waals surface area contributed by atoms with Crippen molar-refractivity contribution in [2.24, 2.45) is 0 Å². The Morgan fingerprint density at radius 3 is 2.26 bits per heavy atom. The van der Waals surface area contributed by atoms with Crippen LogP contribution in [0, 0.1) is 17.1 Å². The number of ether oxygens (including phenoxy) is 3.